The van der Waals surface area contributed by atoms with Crippen molar-refractivity contribution in [3.63, 3.8) is 0 Å². The van der Waals surface area contributed by atoms with Crippen LogP contribution in [0.3, 0.4) is 0 Å². The normalized spacial score (nSPS) is 11.6. The van der Waals surface area contributed by atoms with Crippen LogP contribution in [0.1, 0.15) is 11.4 Å². The van der Waals surface area contributed by atoms with Crippen LogP contribution in [0.15, 0.2) is 239 Å². The topological polar surface area (TPSA) is 68.2 Å². The number of nitrogens with zero attached hydrogens (tertiary/aromatic N) is 4. The summed E-state index contributed by atoms with van der Waals surface area (Å²) in [5.74, 6) is 1.88. The monoisotopic (exact) mass is 872 g/mol. The zero-order valence-electron chi connectivity index (χ0n) is 36.8. The van der Waals surface area contributed by atoms with E-state index < -0.39 is 0 Å². The zero-order valence-corrected chi connectivity index (χ0v) is 36.8. The van der Waals surface area contributed by atoms with Crippen molar-refractivity contribution in [2.45, 2.75) is 6.42 Å². The van der Waals surface area contributed by atoms with E-state index in [0.717, 1.165) is 99.5 Å². The SMILES string of the molecule is c1ccc(-c2ccc(N(c3ccccc3)c3cccc(-c4ccc(Cc5nc(-c6ccccc6)nc(-c6ccc7oc8ccccc8c7c6)n5)c5c4oc4ccc6ccccc6c45)c3)cc2)cc1. The van der Waals surface area contributed by atoms with Gasteiger partial charge in [0.25, 0.3) is 0 Å². The lowest BCUT2D eigenvalue weighted by molar-refractivity contribution is 0.669. The first-order valence-corrected chi connectivity index (χ1v) is 22.9. The van der Waals surface area contributed by atoms with E-state index >= 15 is 0 Å². The Kier molecular flexibility index (Phi) is 9.46. The van der Waals surface area contributed by atoms with Gasteiger partial charge in [0.15, 0.2) is 11.6 Å². The highest BCUT2D eigenvalue weighted by Gasteiger charge is 2.22. The van der Waals surface area contributed by atoms with Crippen LogP contribution in [0.25, 0.3) is 99.7 Å². The van der Waals surface area contributed by atoms with Crippen LogP contribution in [-0.2, 0) is 6.42 Å². The average molecular weight is 873 g/mol. The molecular weight excluding hydrogens is 833 g/mol. The Labute approximate surface area is 392 Å². The Morgan fingerprint density at radius 2 is 0.956 bits per heavy atom. The molecular formula is C62H40N4O2. The van der Waals surface area contributed by atoms with Crippen LogP contribution in [0.4, 0.5) is 17.1 Å². The smallest absolute Gasteiger partial charge is 0.163 e. The molecule has 68 heavy (non-hydrogen) atoms. The highest BCUT2D eigenvalue weighted by Crippen LogP contribution is 2.44. The van der Waals surface area contributed by atoms with Gasteiger partial charge in [-0.05, 0) is 99.8 Å². The van der Waals surface area contributed by atoms with Gasteiger partial charge >= 0.3 is 0 Å². The molecule has 0 fully saturated rings. The van der Waals surface area contributed by atoms with Gasteiger partial charge in [0.2, 0.25) is 0 Å². The number of furan rings is 2. The summed E-state index contributed by atoms with van der Waals surface area (Å²) in [7, 11) is 0. The van der Waals surface area contributed by atoms with E-state index in [0.29, 0.717) is 23.9 Å². The number of rotatable bonds is 9. The van der Waals surface area contributed by atoms with E-state index in [2.05, 4.69) is 175 Å². The number of fused-ring (bicyclic) bond motifs is 8. The molecule has 3 heterocycles. The Morgan fingerprint density at radius 1 is 0.353 bits per heavy atom. The minimum Gasteiger partial charge on any atom is -0.456 e. The van der Waals surface area contributed by atoms with Crippen LogP contribution in [0, 0.1) is 0 Å². The van der Waals surface area contributed by atoms with E-state index in [1.165, 1.54) is 11.1 Å². The third kappa shape index (κ3) is 6.95. The minimum atomic E-state index is 0.446. The van der Waals surface area contributed by atoms with Crippen molar-refractivity contribution in [3.05, 3.63) is 242 Å². The van der Waals surface area contributed by atoms with E-state index in [9.17, 15) is 0 Å². The first-order chi connectivity index (χ1) is 33.7. The number of hydrogen-bond acceptors (Lipinski definition) is 6. The summed E-state index contributed by atoms with van der Waals surface area (Å²) in [5, 5.41) is 6.48. The van der Waals surface area contributed by atoms with Crippen LogP contribution < -0.4 is 4.90 Å². The Morgan fingerprint density at radius 3 is 1.76 bits per heavy atom. The minimum absolute atomic E-state index is 0.446. The molecule has 320 valence electrons. The molecule has 0 unspecified atom stereocenters. The molecule has 0 aliphatic rings. The third-order valence-corrected chi connectivity index (χ3v) is 13.0. The van der Waals surface area contributed by atoms with Crippen LogP contribution in [-0.4, -0.2) is 15.0 Å². The molecule has 3 aromatic heterocycles. The predicted octanol–water partition coefficient (Wildman–Crippen LogP) is 16.6. The zero-order chi connectivity index (χ0) is 45.0. The molecule has 6 nitrogen and oxygen atoms in total. The van der Waals surface area contributed by atoms with Crippen LogP contribution in [0.5, 0.6) is 0 Å². The fourth-order valence-corrected chi connectivity index (χ4v) is 9.73. The quantitative estimate of drug-likeness (QED) is 0.144. The molecule has 0 aliphatic carbocycles. The Balaban J connectivity index is 0.963. The van der Waals surface area contributed by atoms with Gasteiger partial charge in [0, 0.05) is 61.7 Å². The fraction of sp³-hybridized carbons (Fsp3) is 0.0161. The molecule has 6 heteroatoms. The molecule has 0 radical (unpaired) electrons. The van der Waals surface area contributed by atoms with E-state index in [1.807, 2.05) is 60.7 Å². The second kappa shape index (κ2) is 16.4. The number of para-hydroxylation sites is 2. The first kappa shape index (κ1) is 39.3. The molecule has 0 atom stereocenters. The average Bonchev–Trinajstić information content (AvgIpc) is 3.99. The van der Waals surface area contributed by atoms with E-state index in [4.69, 9.17) is 23.8 Å². The maximum atomic E-state index is 7.03. The lowest BCUT2D eigenvalue weighted by Gasteiger charge is -2.26. The summed E-state index contributed by atoms with van der Waals surface area (Å²) in [6.07, 6.45) is 0.446. The van der Waals surface area contributed by atoms with Crippen LogP contribution >= 0.6 is 0 Å². The summed E-state index contributed by atoms with van der Waals surface area (Å²) in [5.41, 5.74) is 13.8. The molecule has 0 bridgehead atoms. The second-order valence-electron chi connectivity index (χ2n) is 17.1. The Bertz CT molecular complexity index is 3990. The molecule has 0 aliphatic heterocycles. The van der Waals surface area contributed by atoms with Crippen molar-refractivity contribution in [1.29, 1.82) is 0 Å². The molecule has 0 amide bonds. The molecule has 0 saturated carbocycles. The molecule has 10 aromatic carbocycles. The molecule has 0 N–H and O–H groups in total. The van der Waals surface area contributed by atoms with Crippen LogP contribution in [0.2, 0.25) is 0 Å². The molecule has 13 rings (SSSR count). The van der Waals surface area contributed by atoms with Gasteiger partial charge < -0.3 is 13.7 Å². The maximum Gasteiger partial charge on any atom is 0.163 e. The van der Waals surface area contributed by atoms with Gasteiger partial charge in [-0.1, -0.05) is 164 Å². The highest BCUT2D eigenvalue weighted by atomic mass is 16.3. The van der Waals surface area contributed by atoms with Gasteiger partial charge in [0.1, 0.15) is 28.2 Å². The standard InChI is InChI=1S/C62H40N4O2/c1-4-15-40(16-5-1)41-27-32-48(33-28-41)66(47-21-8-3-9-22-47)49-23-14-20-44(37-49)51-34-29-45(58-59-50-24-11-10-17-42(50)30-36-56(59)68-60(51)58)39-57-63-61(43-18-6-2-7-19-43)65-62(64-57)46-31-35-55-53(38-46)52-25-12-13-26-54(52)67-55/h1-38H,39H2. The summed E-state index contributed by atoms with van der Waals surface area (Å²) >= 11 is 0. The number of anilines is 3. The third-order valence-electron chi connectivity index (χ3n) is 13.0. The number of aromatic nitrogens is 3. The fourth-order valence-electron chi connectivity index (χ4n) is 9.73. The number of benzene rings is 10. The Hall–Kier alpha value is -9.13. The summed E-state index contributed by atoms with van der Waals surface area (Å²) in [6.45, 7) is 0. The van der Waals surface area contributed by atoms with Crippen molar-refractivity contribution >= 4 is 71.7 Å². The largest absolute Gasteiger partial charge is 0.456 e. The van der Waals surface area contributed by atoms with Gasteiger partial charge in [-0.25, -0.2) is 15.0 Å². The summed E-state index contributed by atoms with van der Waals surface area (Å²) < 4.78 is 13.2. The van der Waals surface area contributed by atoms with Gasteiger partial charge in [-0.15, -0.1) is 0 Å². The van der Waals surface area contributed by atoms with Gasteiger partial charge in [0.05, 0.1) is 0 Å². The van der Waals surface area contributed by atoms with Crippen molar-refractivity contribution < 1.29 is 8.83 Å². The van der Waals surface area contributed by atoms with Crippen molar-refractivity contribution in [2.75, 3.05) is 4.90 Å². The predicted molar refractivity (Wildman–Crippen MR) is 278 cm³/mol. The lowest BCUT2D eigenvalue weighted by atomic mass is 9.94. The van der Waals surface area contributed by atoms with Gasteiger partial charge in [-0.3, -0.25) is 0 Å². The summed E-state index contributed by atoms with van der Waals surface area (Å²) in [6, 6.07) is 80.2. The lowest BCUT2D eigenvalue weighted by Crippen LogP contribution is -2.09. The molecule has 13 aromatic rings. The van der Waals surface area contributed by atoms with Crippen molar-refractivity contribution in [1.82, 2.24) is 15.0 Å². The molecule has 0 saturated heterocycles. The van der Waals surface area contributed by atoms with Crippen molar-refractivity contribution in [3.8, 4) is 45.0 Å². The maximum absolute atomic E-state index is 7.03. The van der Waals surface area contributed by atoms with E-state index in [1.54, 1.807) is 0 Å². The summed E-state index contributed by atoms with van der Waals surface area (Å²) in [4.78, 5) is 17.8. The van der Waals surface area contributed by atoms with Gasteiger partial charge in [-0.2, -0.15) is 0 Å². The molecule has 0 spiro atoms. The second-order valence-corrected chi connectivity index (χ2v) is 17.1. The van der Waals surface area contributed by atoms with Crippen molar-refractivity contribution in [2.24, 2.45) is 0 Å². The highest BCUT2D eigenvalue weighted by molar-refractivity contribution is 6.22. The number of hydrogen-bond donors (Lipinski definition) is 0. The van der Waals surface area contributed by atoms with E-state index in [-0.39, 0.29) is 0 Å². The first-order valence-electron chi connectivity index (χ1n) is 22.9.